The summed E-state index contributed by atoms with van der Waals surface area (Å²) in [4.78, 5) is 10.7. The molecule has 0 aliphatic heterocycles. The van der Waals surface area contributed by atoms with Crippen molar-refractivity contribution in [2.75, 3.05) is 0 Å². The number of carboxylic acids is 1. The summed E-state index contributed by atoms with van der Waals surface area (Å²) in [5.41, 5.74) is -1.23. The van der Waals surface area contributed by atoms with E-state index in [1.54, 1.807) is 24.3 Å². The number of halogens is 1. The van der Waals surface area contributed by atoms with Gasteiger partial charge < -0.3 is 9.84 Å². The van der Waals surface area contributed by atoms with Crippen LogP contribution in [0.4, 0.5) is 0 Å². The summed E-state index contributed by atoms with van der Waals surface area (Å²) in [6, 6.07) is 6.56. The first-order chi connectivity index (χ1) is 6.42. The molecule has 0 atom stereocenters. The van der Waals surface area contributed by atoms with E-state index in [0.717, 1.165) is 0 Å². The van der Waals surface area contributed by atoms with E-state index in [4.69, 9.17) is 21.4 Å². The van der Waals surface area contributed by atoms with Gasteiger partial charge in [0.2, 0.25) is 0 Å². The minimum atomic E-state index is -1.23. The van der Waals surface area contributed by atoms with E-state index in [9.17, 15) is 4.79 Å². The Morgan fingerprint density at radius 1 is 1.33 bits per heavy atom. The molecule has 1 N–H and O–H groups in total. The molecule has 0 aliphatic carbocycles. The number of rotatable bonds is 3. The molecule has 0 spiro atoms. The average Bonchev–Trinajstić information content (AvgIpc) is 2.08. The van der Waals surface area contributed by atoms with Crippen LogP contribution in [0.15, 0.2) is 24.3 Å². The molecular formula is C10H13CaClO3. The summed E-state index contributed by atoms with van der Waals surface area (Å²) in [5.74, 6) is -0.519. The van der Waals surface area contributed by atoms with Gasteiger partial charge in [-0.1, -0.05) is 11.6 Å². The van der Waals surface area contributed by atoms with E-state index < -0.39 is 11.6 Å². The Morgan fingerprint density at radius 3 is 2.20 bits per heavy atom. The van der Waals surface area contributed by atoms with Gasteiger partial charge in [0.15, 0.2) is 5.60 Å². The van der Waals surface area contributed by atoms with Gasteiger partial charge >= 0.3 is 43.7 Å². The first-order valence-corrected chi connectivity index (χ1v) is 4.47. The van der Waals surface area contributed by atoms with Crippen molar-refractivity contribution in [3.63, 3.8) is 0 Å². The maximum atomic E-state index is 10.7. The second-order valence-corrected chi connectivity index (χ2v) is 3.81. The predicted molar refractivity (Wildman–Crippen MR) is 62.3 cm³/mol. The quantitative estimate of drug-likeness (QED) is 0.837. The number of hydrogen-bond acceptors (Lipinski definition) is 2. The van der Waals surface area contributed by atoms with Crippen LogP contribution >= 0.6 is 11.6 Å². The van der Waals surface area contributed by atoms with Gasteiger partial charge in [0.05, 0.1) is 0 Å². The van der Waals surface area contributed by atoms with Gasteiger partial charge in [0, 0.05) is 5.02 Å². The molecule has 1 rings (SSSR count). The van der Waals surface area contributed by atoms with Crippen molar-refractivity contribution in [3.8, 4) is 5.75 Å². The van der Waals surface area contributed by atoms with Crippen LogP contribution in [0, 0.1) is 0 Å². The van der Waals surface area contributed by atoms with Crippen LogP contribution in [0.2, 0.25) is 5.02 Å². The Morgan fingerprint density at radius 2 is 1.80 bits per heavy atom. The third-order valence-electron chi connectivity index (χ3n) is 1.70. The van der Waals surface area contributed by atoms with Gasteiger partial charge in [-0.3, -0.25) is 0 Å². The van der Waals surface area contributed by atoms with Crippen LogP contribution in [-0.4, -0.2) is 54.4 Å². The molecule has 0 aliphatic rings. The summed E-state index contributed by atoms with van der Waals surface area (Å²) >= 11 is 5.67. The van der Waals surface area contributed by atoms with E-state index in [0.29, 0.717) is 10.8 Å². The summed E-state index contributed by atoms with van der Waals surface area (Å²) in [7, 11) is 0. The van der Waals surface area contributed by atoms with E-state index in [1.165, 1.54) is 13.8 Å². The zero-order chi connectivity index (χ0) is 10.8. The number of ether oxygens (including phenoxy) is 1. The van der Waals surface area contributed by atoms with E-state index in [2.05, 4.69) is 0 Å². The second-order valence-electron chi connectivity index (χ2n) is 3.37. The third kappa shape index (κ3) is 4.60. The van der Waals surface area contributed by atoms with Crippen LogP contribution in [0.25, 0.3) is 0 Å². The minimum absolute atomic E-state index is 0. The molecule has 3 nitrogen and oxygen atoms in total. The van der Waals surface area contributed by atoms with Crippen LogP contribution in [-0.2, 0) is 4.79 Å². The van der Waals surface area contributed by atoms with Gasteiger partial charge in [-0.05, 0) is 38.1 Å². The molecule has 1 aromatic rings. The molecule has 0 bridgehead atoms. The van der Waals surface area contributed by atoms with Crippen molar-refractivity contribution in [3.05, 3.63) is 29.3 Å². The van der Waals surface area contributed by atoms with Crippen LogP contribution in [0.3, 0.4) is 0 Å². The molecule has 0 saturated heterocycles. The Bertz CT molecular complexity index is 335. The Hall–Kier alpha value is 0.0397. The molecule has 80 valence electrons. The number of aliphatic carboxylic acids is 1. The zero-order valence-corrected chi connectivity index (χ0v) is 8.71. The molecule has 0 heterocycles. The molecule has 0 fully saturated rings. The van der Waals surface area contributed by atoms with E-state index in [1.807, 2.05) is 0 Å². The molecule has 0 radical (unpaired) electrons. The standard InChI is InChI=1S/C10H11ClO3.Ca.2H/c1-10(2,9(12)13)14-8-5-3-7(11)4-6-8;;;/h3-6H,1-2H3,(H,12,13);;;. The van der Waals surface area contributed by atoms with Crippen molar-refractivity contribution < 1.29 is 14.6 Å². The average molecular weight is 257 g/mol. The van der Waals surface area contributed by atoms with Crippen molar-refractivity contribution >= 4 is 55.3 Å². The first kappa shape index (κ1) is 15.0. The molecule has 0 aromatic heterocycles. The Balaban J connectivity index is 0.00000196. The maximum absolute atomic E-state index is 10.7. The van der Waals surface area contributed by atoms with Crippen molar-refractivity contribution in [1.29, 1.82) is 0 Å². The van der Waals surface area contributed by atoms with Gasteiger partial charge in [-0.25, -0.2) is 4.79 Å². The van der Waals surface area contributed by atoms with Crippen LogP contribution in [0.1, 0.15) is 13.8 Å². The topological polar surface area (TPSA) is 46.5 Å². The monoisotopic (exact) mass is 256 g/mol. The third-order valence-corrected chi connectivity index (χ3v) is 1.95. The van der Waals surface area contributed by atoms with Gasteiger partial charge in [-0.15, -0.1) is 0 Å². The van der Waals surface area contributed by atoms with Crippen molar-refractivity contribution in [2.45, 2.75) is 19.4 Å². The fourth-order valence-corrected chi connectivity index (χ4v) is 0.967. The van der Waals surface area contributed by atoms with E-state index >= 15 is 0 Å². The fraction of sp³-hybridized carbons (Fsp3) is 0.300. The van der Waals surface area contributed by atoms with Crippen LogP contribution in [0.5, 0.6) is 5.75 Å². The second kappa shape index (κ2) is 5.94. The fourth-order valence-electron chi connectivity index (χ4n) is 0.841. The summed E-state index contributed by atoms with van der Waals surface area (Å²) in [6.07, 6.45) is 0. The Kier molecular flexibility index (Phi) is 5.96. The SMILES string of the molecule is CC(C)(Oc1ccc(Cl)cc1)C(=O)O.[CaH2]. The van der Waals surface area contributed by atoms with Crippen molar-refractivity contribution in [2.24, 2.45) is 0 Å². The summed E-state index contributed by atoms with van der Waals surface area (Å²) in [5, 5.41) is 9.39. The molecular weight excluding hydrogens is 244 g/mol. The molecule has 0 unspecified atom stereocenters. The normalized spacial score (nSPS) is 10.3. The zero-order valence-electron chi connectivity index (χ0n) is 7.95. The molecule has 0 saturated carbocycles. The number of carbonyl (C=O) groups is 1. The predicted octanol–water partition coefficient (Wildman–Crippen LogP) is 1.67. The molecule has 1 aromatic carbocycles. The first-order valence-electron chi connectivity index (χ1n) is 4.10. The number of benzene rings is 1. The molecule has 0 amide bonds. The van der Waals surface area contributed by atoms with Gasteiger partial charge in [0.25, 0.3) is 0 Å². The van der Waals surface area contributed by atoms with Gasteiger partial charge in [-0.2, -0.15) is 0 Å². The number of carboxylic acid groups (broad SMARTS) is 1. The summed E-state index contributed by atoms with van der Waals surface area (Å²) < 4.78 is 5.26. The number of hydrogen-bond donors (Lipinski definition) is 1. The summed E-state index contributed by atoms with van der Waals surface area (Å²) in [6.45, 7) is 2.98. The van der Waals surface area contributed by atoms with Gasteiger partial charge in [0.1, 0.15) is 5.75 Å². The van der Waals surface area contributed by atoms with Crippen molar-refractivity contribution in [1.82, 2.24) is 0 Å². The van der Waals surface area contributed by atoms with E-state index in [-0.39, 0.29) is 37.7 Å². The molecule has 15 heavy (non-hydrogen) atoms. The Labute approximate surface area is 123 Å². The van der Waals surface area contributed by atoms with Crippen LogP contribution < -0.4 is 4.74 Å². The molecule has 5 heteroatoms.